The Balaban J connectivity index is 1.62. The van der Waals surface area contributed by atoms with E-state index in [1.54, 1.807) is 0 Å². The highest BCUT2D eigenvalue weighted by atomic mass is 16.5. The van der Waals surface area contributed by atoms with E-state index in [4.69, 9.17) is 4.74 Å². The van der Waals surface area contributed by atoms with E-state index >= 15 is 0 Å². The summed E-state index contributed by atoms with van der Waals surface area (Å²) in [4.78, 5) is 3.99. The fourth-order valence-corrected chi connectivity index (χ4v) is 0.596. The predicted molar refractivity (Wildman–Crippen MR) is 31.3 cm³/mol. The Morgan fingerprint density at radius 2 is 2.38 bits per heavy atom. The largest absolute Gasteiger partial charge is 0.372 e. The third kappa shape index (κ3) is 1.07. The second-order valence-electron chi connectivity index (χ2n) is 2.39. The van der Waals surface area contributed by atoms with Crippen LogP contribution in [0.1, 0.15) is 12.8 Å². The van der Waals surface area contributed by atoms with Gasteiger partial charge in [-0.05, 0) is 12.8 Å². The van der Waals surface area contributed by atoms with Crippen molar-refractivity contribution in [3.8, 4) is 0 Å². The second-order valence-corrected chi connectivity index (χ2v) is 2.39. The first-order valence-corrected chi connectivity index (χ1v) is 3.09. The van der Waals surface area contributed by atoms with Gasteiger partial charge in [-0.1, -0.05) is 0 Å². The lowest BCUT2D eigenvalue weighted by molar-refractivity contribution is 0.158. The van der Waals surface area contributed by atoms with Gasteiger partial charge < -0.3 is 4.74 Å². The third-order valence-corrected chi connectivity index (χ3v) is 1.39. The second kappa shape index (κ2) is 1.55. The molecular weight excluding hydrogens is 102 g/mol. The number of hydrogen-bond donors (Lipinski definition) is 0. The van der Waals surface area contributed by atoms with Crippen molar-refractivity contribution in [1.29, 1.82) is 0 Å². The zero-order valence-corrected chi connectivity index (χ0v) is 4.76. The fourth-order valence-electron chi connectivity index (χ4n) is 0.596. The van der Waals surface area contributed by atoms with E-state index in [1.807, 2.05) is 0 Å². The molecule has 0 bridgehead atoms. The molecule has 1 aliphatic heterocycles. The van der Waals surface area contributed by atoms with E-state index in [0.717, 1.165) is 13.2 Å². The molecular formula is C6H9NO. The average molecular weight is 111 g/mol. The molecule has 0 N–H and O–H groups in total. The van der Waals surface area contributed by atoms with Crippen LogP contribution in [0.25, 0.3) is 0 Å². The quantitative estimate of drug-likeness (QED) is 0.523. The monoisotopic (exact) mass is 111 g/mol. The van der Waals surface area contributed by atoms with Crippen LogP contribution in [0.2, 0.25) is 0 Å². The molecule has 0 radical (unpaired) electrons. The molecule has 1 aliphatic carbocycles. The molecule has 0 aromatic rings. The highest BCUT2D eigenvalue weighted by Gasteiger charge is 2.23. The minimum atomic E-state index is 0.596. The smallest absolute Gasteiger partial charge is 0.0867 e. The van der Waals surface area contributed by atoms with E-state index in [-0.39, 0.29) is 0 Å². The third-order valence-electron chi connectivity index (χ3n) is 1.39. The lowest BCUT2D eigenvalue weighted by atomic mass is 10.5. The van der Waals surface area contributed by atoms with Crippen LogP contribution in [0, 0.1) is 0 Å². The molecule has 0 aromatic carbocycles. The summed E-state index contributed by atoms with van der Waals surface area (Å²) in [5, 5.41) is 0. The number of rotatable bonds is 3. The van der Waals surface area contributed by atoms with E-state index in [9.17, 15) is 0 Å². The molecule has 0 spiro atoms. The first-order chi connectivity index (χ1) is 3.95. The fraction of sp³-hybridized carbons (Fsp3) is 0.833. The number of ether oxygens (including phenoxy) is 1. The van der Waals surface area contributed by atoms with E-state index in [0.29, 0.717) is 6.10 Å². The van der Waals surface area contributed by atoms with Crippen LogP contribution >= 0.6 is 0 Å². The predicted octanol–water partition coefficient (Wildman–Crippen LogP) is 0.620. The summed E-state index contributed by atoms with van der Waals surface area (Å²) in [5.41, 5.74) is 1.25. The van der Waals surface area contributed by atoms with Crippen molar-refractivity contribution >= 4 is 5.71 Å². The lowest BCUT2D eigenvalue weighted by Crippen LogP contribution is -2.00. The molecule has 0 unspecified atom stereocenters. The molecule has 0 aromatic heterocycles. The maximum Gasteiger partial charge on any atom is 0.0867 e. The van der Waals surface area contributed by atoms with Crippen molar-refractivity contribution in [2.45, 2.75) is 18.9 Å². The van der Waals surface area contributed by atoms with Crippen molar-refractivity contribution in [3.63, 3.8) is 0 Å². The van der Waals surface area contributed by atoms with Crippen molar-refractivity contribution in [2.24, 2.45) is 4.99 Å². The van der Waals surface area contributed by atoms with Crippen LogP contribution in [0.4, 0.5) is 0 Å². The molecule has 2 rings (SSSR count). The summed E-state index contributed by atoms with van der Waals surface area (Å²) in [6, 6.07) is 0. The lowest BCUT2D eigenvalue weighted by Gasteiger charge is -1.92. The van der Waals surface area contributed by atoms with Crippen molar-refractivity contribution in [1.82, 2.24) is 0 Å². The minimum Gasteiger partial charge on any atom is -0.372 e. The summed E-state index contributed by atoms with van der Waals surface area (Å²) in [6.07, 6.45) is 3.14. The topological polar surface area (TPSA) is 21.6 Å². The van der Waals surface area contributed by atoms with Crippen LogP contribution in [0.15, 0.2) is 4.99 Å². The molecule has 1 saturated carbocycles. The molecule has 0 atom stereocenters. The van der Waals surface area contributed by atoms with Gasteiger partial charge in [0.25, 0.3) is 0 Å². The molecule has 1 heterocycles. The van der Waals surface area contributed by atoms with Gasteiger partial charge in [-0.3, -0.25) is 4.99 Å². The molecule has 0 saturated heterocycles. The van der Waals surface area contributed by atoms with Crippen molar-refractivity contribution < 1.29 is 4.74 Å². The maximum atomic E-state index is 5.35. The van der Waals surface area contributed by atoms with Crippen LogP contribution < -0.4 is 0 Å². The zero-order valence-electron chi connectivity index (χ0n) is 4.76. The summed E-state index contributed by atoms with van der Waals surface area (Å²) in [7, 11) is 0. The molecule has 1 fully saturated rings. The van der Waals surface area contributed by atoms with Crippen molar-refractivity contribution in [2.75, 3.05) is 13.2 Å². The molecule has 2 heteroatoms. The molecule has 2 aliphatic rings. The number of hydrogen-bond acceptors (Lipinski definition) is 2. The van der Waals surface area contributed by atoms with Gasteiger partial charge in [0.15, 0.2) is 0 Å². The van der Waals surface area contributed by atoms with Gasteiger partial charge in [-0.2, -0.15) is 0 Å². The number of aliphatic imine (C=N–C) groups is 1. The van der Waals surface area contributed by atoms with E-state index in [2.05, 4.69) is 4.99 Å². The minimum absolute atomic E-state index is 0.596. The standard InChI is InChI=1S/C6H9NO/c1-2-6(1)8-4-5-3-7-5/h6H,1-4H2. The number of nitrogens with zero attached hydrogens (tertiary/aromatic N) is 1. The van der Waals surface area contributed by atoms with Crippen LogP contribution in [0.3, 0.4) is 0 Å². The van der Waals surface area contributed by atoms with Gasteiger partial charge in [-0.25, -0.2) is 0 Å². The van der Waals surface area contributed by atoms with Crippen LogP contribution in [0.5, 0.6) is 0 Å². The Morgan fingerprint density at radius 1 is 1.62 bits per heavy atom. The molecule has 2 nitrogen and oxygen atoms in total. The Bertz CT molecular complexity index is 126. The van der Waals surface area contributed by atoms with Crippen LogP contribution in [-0.4, -0.2) is 25.0 Å². The molecule has 44 valence electrons. The summed E-state index contributed by atoms with van der Waals surface area (Å²) in [5.74, 6) is 0. The Hall–Kier alpha value is -0.370. The Kier molecular flexibility index (Phi) is 0.875. The highest BCUT2D eigenvalue weighted by Crippen LogP contribution is 2.23. The average Bonchev–Trinajstić information content (AvgIpc) is 2.60. The first-order valence-electron chi connectivity index (χ1n) is 3.09. The van der Waals surface area contributed by atoms with Gasteiger partial charge >= 0.3 is 0 Å². The van der Waals surface area contributed by atoms with Gasteiger partial charge in [0, 0.05) is 0 Å². The maximum absolute atomic E-state index is 5.35. The van der Waals surface area contributed by atoms with Gasteiger partial charge in [0.1, 0.15) is 0 Å². The zero-order chi connectivity index (χ0) is 5.40. The Labute approximate surface area is 48.6 Å². The molecule has 0 amide bonds. The first kappa shape index (κ1) is 4.50. The van der Waals surface area contributed by atoms with Gasteiger partial charge in [0.2, 0.25) is 0 Å². The van der Waals surface area contributed by atoms with E-state index in [1.165, 1.54) is 18.6 Å². The summed E-state index contributed by atoms with van der Waals surface area (Å²) in [6.45, 7) is 1.78. The summed E-state index contributed by atoms with van der Waals surface area (Å²) < 4.78 is 5.35. The summed E-state index contributed by atoms with van der Waals surface area (Å²) >= 11 is 0. The van der Waals surface area contributed by atoms with Gasteiger partial charge in [0.05, 0.1) is 25.0 Å². The van der Waals surface area contributed by atoms with E-state index < -0.39 is 0 Å². The SMILES string of the molecule is C1N=C1COC1CC1. The van der Waals surface area contributed by atoms with Crippen molar-refractivity contribution in [3.05, 3.63) is 0 Å². The Morgan fingerprint density at radius 3 is 2.88 bits per heavy atom. The molecule has 8 heavy (non-hydrogen) atoms. The van der Waals surface area contributed by atoms with Crippen LogP contribution in [-0.2, 0) is 4.74 Å². The normalized spacial score (nSPS) is 25.2. The highest BCUT2D eigenvalue weighted by molar-refractivity contribution is 5.97. The van der Waals surface area contributed by atoms with Gasteiger partial charge in [-0.15, -0.1) is 0 Å².